The summed E-state index contributed by atoms with van der Waals surface area (Å²) in [6.45, 7) is 2.34. The number of carbonyl (C=O) groups excluding carboxylic acids is 1. The standard InChI is InChI=1S/C17H24O5/c1-15-13-12(22-14(15)19)7-9-10(3-2-4-11(9)18)16(13)5-6-17(15,20)21-8-16/h9-13,18,20H,2-8H2,1H3/t9-,10-,11+,12-,13+,15+,16+,17+/m1/s1. The molecule has 5 heteroatoms. The molecule has 6 fully saturated rings. The van der Waals surface area contributed by atoms with Gasteiger partial charge >= 0.3 is 5.97 Å². The summed E-state index contributed by atoms with van der Waals surface area (Å²) in [5.41, 5.74) is -1.05. The Bertz CT molecular complexity index is 537. The minimum atomic E-state index is -1.37. The zero-order valence-corrected chi connectivity index (χ0v) is 13.0. The van der Waals surface area contributed by atoms with Crippen LogP contribution in [-0.4, -0.2) is 40.8 Å². The molecule has 0 unspecified atom stereocenters. The van der Waals surface area contributed by atoms with E-state index in [0.29, 0.717) is 18.9 Å². The third-order valence-electron chi connectivity index (χ3n) is 7.89. The maximum atomic E-state index is 12.6. The number of esters is 1. The first kappa shape index (κ1) is 13.8. The Labute approximate surface area is 130 Å². The summed E-state index contributed by atoms with van der Waals surface area (Å²) < 4.78 is 11.6. The van der Waals surface area contributed by atoms with Crippen LogP contribution in [0.2, 0.25) is 0 Å². The van der Waals surface area contributed by atoms with E-state index in [1.54, 1.807) is 0 Å². The molecule has 8 atom stereocenters. The second kappa shape index (κ2) is 3.87. The van der Waals surface area contributed by atoms with Crippen LogP contribution < -0.4 is 0 Å². The van der Waals surface area contributed by atoms with Crippen LogP contribution in [0.4, 0.5) is 0 Å². The van der Waals surface area contributed by atoms with Gasteiger partial charge in [-0.1, -0.05) is 6.42 Å². The van der Waals surface area contributed by atoms with E-state index in [1.807, 2.05) is 6.92 Å². The van der Waals surface area contributed by atoms with Crippen molar-refractivity contribution >= 4 is 5.97 Å². The lowest BCUT2D eigenvalue weighted by atomic mass is 9.41. The zero-order chi connectivity index (χ0) is 15.3. The van der Waals surface area contributed by atoms with E-state index in [0.717, 1.165) is 32.1 Å². The molecule has 3 aliphatic heterocycles. The molecular formula is C17H24O5. The summed E-state index contributed by atoms with van der Waals surface area (Å²) in [6.07, 6.45) is 4.66. The second-order valence-electron chi connectivity index (χ2n) is 8.43. The number of fused-ring (bicyclic) bond motifs is 3. The van der Waals surface area contributed by atoms with E-state index in [2.05, 4.69) is 0 Å². The average molecular weight is 308 g/mol. The minimum Gasteiger partial charge on any atom is -0.461 e. The first-order valence-corrected chi connectivity index (χ1v) is 8.68. The summed E-state index contributed by atoms with van der Waals surface area (Å²) >= 11 is 0. The molecule has 0 amide bonds. The number of ether oxygens (including phenoxy) is 2. The largest absolute Gasteiger partial charge is 0.461 e. The molecule has 122 valence electrons. The van der Waals surface area contributed by atoms with E-state index >= 15 is 0 Å². The van der Waals surface area contributed by atoms with Gasteiger partial charge in [-0.3, -0.25) is 4.79 Å². The van der Waals surface area contributed by atoms with Crippen LogP contribution in [0.15, 0.2) is 0 Å². The first-order valence-electron chi connectivity index (χ1n) is 8.68. The quantitative estimate of drug-likeness (QED) is 0.658. The summed E-state index contributed by atoms with van der Waals surface area (Å²) in [6, 6.07) is 0. The number of aliphatic hydroxyl groups excluding tert-OH is 1. The highest BCUT2D eigenvalue weighted by Gasteiger charge is 2.79. The molecule has 0 aromatic rings. The lowest BCUT2D eigenvalue weighted by Crippen LogP contribution is -2.73. The van der Waals surface area contributed by atoms with Gasteiger partial charge in [-0.2, -0.15) is 0 Å². The van der Waals surface area contributed by atoms with Crippen LogP contribution in [0.1, 0.15) is 45.4 Å². The molecule has 0 aromatic carbocycles. The van der Waals surface area contributed by atoms with Gasteiger partial charge in [0, 0.05) is 17.8 Å². The predicted molar refractivity (Wildman–Crippen MR) is 75.5 cm³/mol. The molecule has 0 radical (unpaired) electrons. The Morgan fingerprint density at radius 1 is 1.27 bits per heavy atom. The molecule has 22 heavy (non-hydrogen) atoms. The van der Waals surface area contributed by atoms with Gasteiger partial charge < -0.3 is 19.7 Å². The van der Waals surface area contributed by atoms with Gasteiger partial charge in [0.1, 0.15) is 11.5 Å². The van der Waals surface area contributed by atoms with E-state index in [1.165, 1.54) is 0 Å². The molecule has 6 rings (SSSR count). The Hall–Kier alpha value is -0.650. The van der Waals surface area contributed by atoms with Crippen LogP contribution in [0.3, 0.4) is 0 Å². The molecule has 3 heterocycles. The van der Waals surface area contributed by atoms with Crippen molar-refractivity contribution < 1.29 is 24.5 Å². The smallest absolute Gasteiger partial charge is 0.318 e. The number of aliphatic hydroxyl groups is 2. The first-order chi connectivity index (χ1) is 10.4. The van der Waals surface area contributed by atoms with E-state index in [9.17, 15) is 15.0 Å². The van der Waals surface area contributed by atoms with Gasteiger partial charge in [-0.15, -0.1) is 0 Å². The summed E-state index contributed by atoms with van der Waals surface area (Å²) in [7, 11) is 0. The monoisotopic (exact) mass is 308 g/mol. The molecule has 6 aliphatic rings. The molecule has 5 nitrogen and oxygen atoms in total. The number of hydrogen-bond acceptors (Lipinski definition) is 5. The van der Waals surface area contributed by atoms with Crippen molar-refractivity contribution in [3.05, 3.63) is 0 Å². The predicted octanol–water partition coefficient (Wildman–Crippen LogP) is 1.21. The number of carbonyl (C=O) groups is 1. The third kappa shape index (κ3) is 1.24. The number of rotatable bonds is 0. The van der Waals surface area contributed by atoms with Gasteiger partial charge in [0.05, 0.1) is 12.7 Å². The van der Waals surface area contributed by atoms with Crippen molar-refractivity contribution in [2.45, 2.75) is 63.4 Å². The molecule has 2 N–H and O–H groups in total. The maximum Gasteiger partial charge on any atom is 0.318 e. The Balaban J connectivity index is 1.68. The van der Waals surface area contributed by atoms with E-state index < -0.39 is 11.2 Å². The minimum absolute atomic E-state index is 0.0338. The van der Waals surface area contributed by atoms with Crippen LogP contribution in [0, 0.1) is 28.6 Å². The van der Waals surface area contributed by atoms with Gasteiger partial charge in [0.25, 0.3) is 0 Å². The van der Waals surface area contributed by atoms with Crippen LogP contribution in [-0.2, 0) is 14.3 Å². The zero-order valence-electron chi connectivity index (χ0n) is 13.0. The highest BCUT2D eigenvalue weighted by Crippen LogP contribution is 2.72. The summed E-state index contributed by atoms with van der Waals surface area (Å²) in [4.78, 5) is 12.6. The SMILES string of the molecule is C[C@]12C(=O)O[C@@H]3C[C@@H]4[C@@H](CCC[C@@H]4O)[C@@]4(CC[C@]1(O)OC4)[C@@H]32. The molecule has 3 saturated heterocycles. The molecule has 0 aromatic heterocycles. The van der Waals surface area contributed by atoms with Crippen molar-refractivity contribution in [2.75, 3.05) is 6.61 Å². The second-order valence-corrected chi connectivity index (χ2v) is 8.43. The highest BCUT2D eigenvalue weighted by molar-refractivity contribution is 5.81. The lowest BCUT2D eigenvalue weighted by molar-refractivity contribution is -0.378. The van der Waals surface area contributed by atoms with Crippen molar-refractivity contribution in [1.82, 2.24) is 0 Å². The van der Waals surface area contributed by atoms with Crippen molar-refractivity contribution in [3.8, 4) is 0 Å². The molecule has 3 aliphatic carbocycles. The Kier molecular flexibility index (Phi) is 2.42. The normalized spacial score (nSPS) is 62.3. The fraction of sp³-hybridized carbons (Fsp3) is 0.941. The van der Waals surface area contributed by atoms with E-state index in [4.69, 9.17) is 9.47 Å². The van der Waals surface area contributed by atoms with Crippen molar-refractivity contribution in [2.24, 2.45) is 28.6 Å². The van der Waals surface area contributed by atoms with Gasteiger partial charge in [-0.25, -0.2) is 0 Å². The van der Waals surface area contributed by atoms with E-state index in [-0.39, 0.29) is 35.4 Å². The van der Waals surface area contributed by atoms with Gasteiger partial charge in [0.15, 0.2) is 5.79 Å². The summed E-state index contributed by atoms with van der Waals surface area (Å²) in [5, 5.41) is 21.4. The fourth-order valence-electron chi connectivity index (χ4n) is 6.88. The molecule has 3 saturated carbocycles. The van der Waals surface area contributed by atoms with Crippen molar-refractivity contribution in [3.63, 3.8) is 0 Å². The fourth-order valence-corrected chi connectivity index (χ4v) is 6.88. The molecular weight excluding hydrogens is 284 g/mol. The average Bonchev–Trinajstić information content (AvgIpc) is 2.77. The number of hydrogen-bond donors (Lipinski definition) is 2. The van der Waals surface area contributed by atoms with Crippen LogP contribution >= 0.6 is 0 Å². The third-order valence-corrected chi connectivity index (χ3v) is 7.89. The van der Waals surface area contributed by atoms with Crippen LogP contribution in [0.5, 0.6) is 0 Å². The van der Waals surface area contributed by atoms with Gasteiger partial charge in [0.2, 0.25) is 0 Å². The van der Waals surface area contributed by atoms with Gasteiger partial charge in [-0.05, 0) is 44.4 Å². The maximum absolute atomic E-state index is 12.6. The Morgan fingerprint density at radius 3 is 2.82 bits per heavy atom. The van der Waals surface area contributed by atoms with Crippen LogP contribution in [0.25, 0.3) is 0 Å². The molecule has 1 spiro atoms. The topological polar surface area (TPSA) is 76.0 Å². The molecule has 2 bridgehead atoms. The highest BCUT2D eigenvalue weighted by atomic mass is 16.6. The van der Waals surface area contributed by atoms with Crippen molar-refractivity contribution in [1.29, 1.82) is 0 Å². The summed E-state index contributed by atoms with van der Waals surface area (Å²) in [5.74, 6) is -1.05. The Morgan fingerprint density at radius 2 is 2.09 bits per heavy atom. The lowest BCUT2D eigenvalue weighted by Gasteiger charge is -2.67.